The fourth-order valence-electron chi connectivity index (χ4n) is 4.77. The summed E-state index contributed by atoms with van der Waals surface area (Å²) < 4.78 is 24.1. The summed E-state index contributed by atoms with van der Waals surface area (Å²) in [7, 11) is 1.07. The maximum atomic E-state index is 14.1. The van der Waals surface area contributed by atoms with E-state index in [1.807, 2.05) is 41.4 Å². The van der Waals surface area contributed by atoms with Gasteiger partial charge in [0.15, 0.2) is 19.8 Å². The quantitative estimate of drug-likeness (QED) is 0.156. The van der Waals surface area contributed by atoms with Crippen molar-refractivity contribution in [1.29, 1.82) is 0 Å². The largest absolute Gasteiger partial charge is 0.497 e. The van der Waals surface area contributed by atoms with Gasteiger partial charge < -0.3 is 28.9 Å². The summed E-state index contributed by atoms with van der Waals surface area (Å²) in [6.07, 6.45) is 5.40. The minimum atomic E-state index is -2.20. The highest BCUT2D eigenvalue weighted by atomic mass is 79.9. The zero-order chi connectivity index (χ0) is 29.1. The molecule has 0 bridgehead atoms. The molecule has 2 aliphatic heterocycles. The summed E-state index contributed by atoms with van der Waals surface area (Å²) >= 11 is 3.48. The van der Waals surface area contributed by atoms with Crippen LogP contribution in [-0.4, -0.2) is 57.6 Å². The molecule has 4 rings (SSSR count). The van der Waals surface area contributed by atoms with Crippen LogP contribution in [0.4, 0.5) is 5.69 Å². The second-order valence-corrected chi connectivity index (χ2v) is 17.5. The van der Waals surface area contributed by atoms with Crippen LogP contribution in [-0.2, 0) is 4.43 Å². The second-order valence-electron chi connectivity index (χ2n) is 12.0. The van der Waals surface area contributed by atoms with Gasteiger partial charge in [-0.15, -0.1) is 0 Å². The van der Waals surface area contributed by atoms with Crippen LogP contribution in [0.25, 0.3) is 5.57 Å². The number of carbonyl (C=O) groups is 1. The van der Waals surface area contributed by atoms with E-state index in [0.29, 0.717) is 35.8 Å². The molecular formula is C31H43BrN2O5Si. The number of benzene rings is 2. The summed E-state index contributed by atoms with van der Waals surface area (Å²) in [6, 6.07) is 11.5. The first-order valence-corrected chi connectivity index (χ1v) is 18.0. The van der Waals surface area contributed by atoms with E-state index in [0.717, 1.165) is 41.5 Å². The Bertz CT molecular complexity index is 1230. The lowest BCUT2D eigenvalue weighted by Crippen LogP contribution is -2.52. The van der Waals surface area contributed by atoms with Crippen LogP contribution in [0.1, 0.15) is 62.4 Å². The number of nitrogens with one attached hydrogen (secondary N) is 1. The molecule has 2 aromatic carbocycles. The first-order valence-electron chi connectivity index (χ1n) is 14.0. The lowest BCUT2D eigenvalue weighted by molar-refractivity contribution is 0.0663. The third kappa shape index (κ3) is 6.52. The van der Waals surface area contributed by atoms with Gasteiger partial charge in [0.05, 0.1) is 38.1 Å². The Morgan fingerprint density at radius 1 is 1.02 bits per heavy atom. The molecule has 2 aromatic rings. The van der Waals surface area contributed by atoms with E-state index in [1.165, 1.54) is 0 Å². The van der Waals surface area contributed by atoms with Crippen LogP contribution in [0.5, 0.6) is 17.2 Å². The molecule has 0 radical (unpaired) electrons. The number of unbranched alkanes of at least 4 members (excludes halogenated alkanes) is 2. The Balaban J connectivity index is 1.71. The Kier molecular flexibility index (Phi) is 9.57. The monoisotopic (exact) mass is 630 g/mol. The number of halogens is 1. The molecule has 0 aromatic heterocycles. The lowest BCUT2D eigenvalue weighted by Gasteiger charge is -2.41. The molecule has 7 nitrogen and oxygen atoms in total. The number of rotatable bonds is 11. The van der Waals surface area contributed by atoms with Gasteiger partial charge in [0.1, 0.15) is 12.0 Å². The van der Waals surface area contributed by atoms with Crippen LogP contribution < -0.4 is 19.5 Å². The molecule has 218 valence electrons. The van der Waals surface area contributed by atoms with Gasteiger partial charge in [-0.05, 0) is 73.2 Å². The number of hydrogen-bond acceptors (Lipinski definition) is 6. The molecule has 2 heterocycles. The average molecular weight is 632 g/mol. The van der Waals surface area contributed by atoms with Crippen molar-refractivity contribution in [2.24, 2.45) is 0 Å². The molecule has 1 unspecified atom stereocenters. The molecule has 0 spiro atoms. The highest BCUT2D eigenvalue weighted by Crippen LogP contribution is 2.44. The van der Waals surface area contributed by atoms with Gasteiger partial charge in [0.2, 0.25) is 0 Å². The molecular weight excluding hydrogens is 588 g/mol. The third-order valence-electron chi connectivity index (χ3n) is 8.22. The second kappa shape index (κ2) is 12.6. The van der Waals surface area contributed by atoms with Gasteiger partial charge in [0.25, 0.3) is 5.91 Å². The van der Waals surface area contributed by atoms with Crippen molar-refractivity contribution in [2.75, 3.05) is 31.5 Å². The maximum Gasteiger partial charge on any atom is 0.260 e. The van der Waals surface area contributed by atoms with Crippen molar-refractivity contribution >= 4 is 41.4 Å². The molecule has 9 heteroatoms. The zero-order valence-electron chi connectivity index (χ0n) is 24.8. The predicted molar refractivity (Wildman–Crippen MR) is 167 cm³/mol. The maximum absolute atomic E-state index is 14.1. The molecule has 0 aliphatic carbocycles. The van der Waals surface area contributed by atoms with Crippen LogP contribution in [0.2, 0.25) is 18.1 Å². The summed E-state index contributed by atoms with van der Waals surface area (Å²) in [5.41, 5.74) is 3.40. The highest BCUT2D eigenvalue weighted by Gasteiger charge is 2.46. The number of ether oxygens (including phenoxy) is 3. The number of alkyl halides is 1. The Labute approximate surface area is 248 Å². The standard InChI is InChI=1S/C31H43BrN2O5Si/c1-31(2,3)40(6,7)39-29-26-17-22(21-11-13-23(36-4)14-12-21)20-34(26)30(35)24-18-27(37-5)28(19-25(24)33-29)38-16-10-8-9-15-32/h11-14,18-20,26,29,33H,8-10,15-17H2,1-7H3/t26-,29?/m0/s1. The molecule has 2 aliphatic rings. The van der Waals surface area contributed by atoms with Gasteiger partial charge in [-0.1, -0.05) is 48.8 Å². The van der Waals surface area contributed by atoms with E-state index < -0.39 is 14.5 Å². The number of amides is 1. The number of hydrogen-bond donors (Lipinski definition) is 1. The third-order valence-corrected chi connectivity index (χ3v) is 13.2. The van der Waals surface area contributed by atoms with E-state index in [4.69, 9.17) is 18.6 Å². The SMILES string of the molecule is COc1ccc(C2=CN3C(=O)c4cc(OC)c(OCCCCCBr)cc4NC(O[Si](C)(C)C(C)(C)C)[C@@H]3C2)cc1. The number of fused-ring (bicyclic) bond motifs is 2. The zero-order valence-corrected chi connectivity index (χ0v) is 27.4. The highest BCUT2D eigenvalue weighted by molar-refractivity contribution is 9.09. The van der Waals surface area contributed by atoms with Crippen LogP contribution in [0.3, 0.4) is 0 Å². The van der Waals surface area contributed by atoms with Gasteiger partial charge >= 0.3 is 0 Å². The van der Waals surface area contributed by atoms with Crippen molar-refractivity contribution in [3.63, 3.8) is 0 Å². The molecule has 2 atom stereocenters. The lowest BCUT2D eigenvalue weighted by atomic mass is 10.0. The van der Waals surface area contributed by atoms with E-state index in [9.17, 15) is 4.79 Å². The van der Waals surface area contributed by atoms with Crippen molar-refractivity contribution in [3.8, 4) is 17.2 Å². The smallest absolute Gasteiger partial charge is 0.260 e. The first-order chi connectivity index (χ1) is 19.0. The van der Waals surface area contributed by atoms with Crippen molar-refractivity contribution in [3.05, 3.63) is 53.7 Å². The fourth-order valence-corrected chi connectivity index (χ4v) is 6.38. The summed E-state index contributed by atoms with van der Waals surface area (Å²) in [5.74, 6) is 1.90. The normalized spacial score (nSPS) is 18.9. The molecule has 40 heavy (non-hydrogen) atoms. The molecule has 0 saturated carbocycles. The van der Waals surface area contributed by atoms with Crippen molar-refractivity contribution in [2.45, 2.75) is 76.9 Å². The molecule has 0 fully saturated rings. The molecule has 0 saturated heterocycles. The Morgan fingerprint density at radius 3 is 2.38 bits per heavy atom. The first kappa shape index (κ1) is 30.5. The van der Waals surface area contributed by atoms with E-state index >= 15 is 0 Å². The van der Waals surface area contributed by atoms with Crippen LogP contribution >= 0.6 is 15.9 Å². The van der Waals surface area contributed by atoms with Crippen molar-refractivity contribution in [1.82, 2.24) is 4.90 Å². The molecule has 1 amide bonds. The minimum Gasteiger partial charge on any atom is -0.497 e. The fraction of sp³-hybridized carbons (Fsp3) is 0.516. The number of carbonyl (C=O) groups excluding carboxylic acids is 1. The number of anilines is 1. The predicted octanol–water partition coefficient (Wildman–Crippen LogP) is 7.68. The summed E-state index contributed by atoms with van der Waals surface area (Å²) in [6.45, 7) is 11.8. The summed E-state index contributed by atoms with van der Waals surface area (Å²) in [4.78, 5) is 15.9. The topological polar surface area (TPSA) is 69.3 Å². The van der Waals surface area contributed by atoms with E-state index in [-0.39, 0.29) is 17.0 Å². The van der Waals surface area contributed by atoms with Gasteiger partial charge in [-0.3, -0.25) is 4.79 Å². The minimum absolute atomic E-state index is 0.00675. The number of nitrogens with zero attached hydrogens (tertiary/aromatic N) is 1. The van der Waals surface area contributed by atoms with Crippen molar-refractivity contribution < 1.29 is 23.4 Å². The molecule has 1 N–H and O–H groups in total. The Morgan fingerprint density at radius 2 is 1.75 bits per heavy atom. The summed E-state index contributed by atoms with van der Waals surface area (Å²) in [5, 5.41) is 4.63. The average Bonchev–Trinajstić information content (AvgIpc) is 3.33. The van der Waals surface area contributed by atoms with Gasteiger partial charge in [-0.2, -0.15) is 0 Å². The van der Waals surface area contributed by atoms with Crippen LogP contribution in [0.15, 0.2) is 42.6 Å². The van der Waals surface area contributed by atoms with Crippen LogP contribution in [0, 0.1) is 0 Å². The number of methoxy groups -OCH3 is 2. The van der Waals surface area contributed by atoms with E-state index in [2.05, 4.69) is 55.1 Å². The van der Waals surface area contributed by atoms with Gasteiger partial charge in [-0.25, -0.2) is 0 Å². The van der Waals surface area contributed by atoms with E-state index in [1.54, 1.807) is 20.3 Å². The Hall–Kier alpha value is -2.49. The van der Waals surface area contributed by atoms with Gasteiger partial charge in [0, 0.05) is 17.6 Å².